The van der Waals surface area contributed by atoms with E-state index in [4.69, 9.17) is 0 Å². The van der Waals surface area contributed by atoms with Crippen LogP contribution in [0.3, 0.4) is 0 Å². The first-order chi connectivity index (χ1) is 9.24. The van der Waals surface area contributed by atoms with Crippen LogP contribution in [0, 0.1) is 0 Å². The lowest BCUT2D eigenvalue weighted by molar-refractivity contribution is 0.314. The van der Waals surface area contributed by atoms with Crippen LogP contribution in [0.5, 0.6) is 0 Å². The normalized spacial score (nSPS) is 13.6. The molecule has 19 heavy (non-hydrogen) atoms. The molecule has 0 spiro atoms. The van der Waals surface area contributed by atoms with Crippen molar-refractivity contribution in [3.63, 3.8) is 0 Å². The van der Waals surface area contributed by atoms with Crippen LogP contribution in [-0.2, 0) is 0 Å². The van der Waals surface area contributed by atoms with E-state index in [1.54, 1.807) is 24.8 Å². The van der Waals surface area contributed by atoms with Gasteiger partial charge in [-0.3, -0.25) is 9.97 Å². The quantitative estimate of drug-likeness (QED) is 0.518. The number of pyridine rings is 2. The minimum atomic E-state index is 0.0381. The van der Waals surface area contributed by atoms with Gasteiger partial charge in [0.15, 0.2) is 0 Å². The minimum absolute atomic E-state index is 0.0381. The highest BCUT2D eigenvalue weighted by molar-refractivity contribution is 5.95. The highest BCUT2D eigenvalue weighted by Crippen LogP contribution is 2.26. The zero-order valence-corrected chi connectivity index (χ0v) is 11.1. The van der Waals surface area contributed by atoms with Gasteiger partial charge in [-0.25, -0.2) is 0 Å². The predicted molar refractivity (Wildman–Crippen MR) is 74.5 cm³/mol. The third kappa shape index (κ3) is 2.96. The third-order valence-electron chi connectivity index (χ3n) is 3.41. The topological polar surface area (TPSA) is 58.4 Å². The van der Waals surface area contributed by atoms with Crippen molar-refractivity contribution >= 4 is 5.71 Å². The van der Waals surface area contributed by atoms with Crippen LogP contribution >= 0.6 is 0 Å². The fraction of sp³-hybridized carbons (Fsp3) is 0.267. The van der Waals surface area contributed by atoms with Crippen molar-refractivity contribution in [3.05, 3.63) is 60.2 Å². The van der Waals surface area contributed by atoms with Gasteiger partial charge in [0.1, 0.15) is 0 Å². The van der Waals surface area contributed by atoms with E-state index in [9.17, 15) is 5.21 Å². The lowest BCUT2D eigenvalue weighted by atomic mass is 9.86. The molecule has 4 nitrogen and oxygen atoms in total. The smallest absolute Gasteiger partial charge is 0.0714 e. The number of oxime groups is 1. The maximum atomic E-state index is 9.35. The summed E-state index contributed by atoms with van der Waals surface area (Å²) in [5.41, 5.74) is 2.91. The molecule has 0 saturated heterocycles. The standard InChI is InChI=1S/C15H17N3O/c1-11(13-3-7-16-8-4-13)15(18-19)12(2)14-5-9-17-10-6-14/h3-12,19H,1-2H3. The van der Waals surface area contributed by atoms with Crippen molar-refractivity contribution in [2.45, 2.75) is 25.7 Å². The average Bonchev–Trinajstić information content (AvgIpc) is 2.49. The van der Waals surface area contributed by atoms with Gasteiger partial charge in [-0.1, -0.05) is 19.0 Å². The fourth-order valence-corrected chi connectivity index (χ4v) is 2.19. The molecule has 1 N–H and O–H groups in total. The summed E-state index contributed by atoms with van der Waals surface area (Å²) in [6.07, 6.45) is 6.99. The van der Waals surface area contributed by atoms with E-state index < -0.39 is 0 Å². The van der Waals surface area contributed by atoms with E-state index in [2.05, 4.69) is 15.1 Å². The van der Waals surface area contributed by atoms with Crippen molar-refractivity contribution in [2.24, 2.45) is 5.16 Å². The Morgan fingerprint density at radius 3 is 1.58 bits per heavy atom. The van der Waals surface area contributed by atoms with E-state index >= 15 is 0 Å². The number of hydrogen-bond donors (Lipinski definition) is 1. The molecule has 2 rings (SSSR count). The van der Waals surface area contributed by atoms with Crippen LogP contribution in [0.4, 0.5) is 0 Å². The molecule has 0 aliphatic carbocycles. The van der Waals surface area contributed by atoms with E-state index in [0.717, 1.165) is 16.8 Å². The molecule has 0 saturated carbocycles. The van der Waals surface area contributed by atoms with Crippen molar-refractivity contribution in [1.29, 1.82) is 0 Å². The Morgan fingerprint density at radius 2 is 1.26 bits per heavy atom. The van der Waals surface area contributed by atoms with E-state index in [1.165, 1.54) is 0 Å². The van der Waals surface area contributed by atoms with Gasteiger partial charge in [0.2, 0.25) is 0 Å². The summed E-state index contributed by atoms with van der Waals surface area (Å²) in [5.74, 6) is 0.0762. The second kappa shape index (κ2) is 6.09. The third-order valence-corrected chi connectivity index (χ3v) is 3.41. The molecule has 2 atom stereocenters. The minimum Gasteiger partial charge on any atom is -0.411 e. The number of hydrogen-bond acceptors (Lipinski definition) is 4. The fourth-order valence-electron chi connectivity index (χ4n) is 2.19. The molecule has 4 heteroatoms. The van der Waals surface area contributed by atoms with Gasteiger partial charge in [-0.05, 0) is 35.4 Å². The summed E-state index contributed by atoms with van der Waals surface area (Å²) >= 11 is 0. The Bertz CT molecular complexity index is 492. The van der Waals surface area contributed by atoms with Gasteiger partial charge < -0.3 is 5.21 Å². The molecule has 0 radical (unpaired) electrons. The van der Waals surface area contributed by atoms with Crippen LogP contribution in [-0.4, -0.2) is 20.9 Å². The Hall–Kier alpha value is -2.23. The Morgan fingerprint density at radius 1 is 0.895 bits per heavy atom. The van der Waals surface area contributed by atoms with Gasteiger partial charge in [0.05, 0.1) is 5.71 Å². The molecule has 0 aromatic carbocycles. The Balaban J connectivity index is 2.26. The molecule has 0 aliphatic heterocycles. The first-order valence-electron chi connectivity index (χ1n) is 6.25. The summed E-state index contributed by atoms with van der Waals surface area (Å²) in [7, 11) is 0. The zero-order chi connectivity index (χ0) is 13.7. The molecule has 0 aliphatic rings. The van der Waals surface area contributed by atoms with Gasteiger partial charge in [0.25, 0.3) is 0 Å². The molecule has 0 bridgehead atoms. The zero-order valence-electron chi connectivity index (χ0n) is 11.1. The lowest BCUT2D eigenvalue weighted by Crippen LogP contribution is -2.17. The van der Waals surface area contributed by atoms with Crippen LogP contribution in [0.2, 0.25) is 0 Å². The number of aromatic nitrogens is 2. The first-order valence-corrected chi connectivity index (χ1v) is 6.25. The molecule has 2 aromatic rings. The first kappa shape index (κ1) is 13.2. The molecule has 0 amide bonds. The number of nitrogens with zero attached hydrogens (tertiary/aromatic N) is 3. The van der Waals surface area contributed by atoms with Gasteiger partial charge in [0, 0.05) is 36.6 Å². The maximum Gasteiger partial charge on any atom is 0.0714 e. The highest BCUT2D eigenvalue weighted by atomic mass is 16.4. The van der Waals surface area contributed by atoms with Crippen molar-refractivity contribution in [1.82, 2.24) is 9.97 Å². The SMILES string of the molecule is CC(C(=NO)C(C)c1ccncc1)c1ccncc1. The van der Waals surface area contributed by atoms with Crippen LogP contribution in [0.1, 0.15) is 36.8 Å². The molecule has 2 heterocycles. The summed E-state index contributed by atoms with van der Waals surface area (Å²) in [6, 6.07) is 7.76. The monoisotopic (exact) mass is 255 g/mol. The van der Waals surface area contributed by atoms with Crippen molar-refractivity contribution < 1.29 is 5.21 Å². The van der Waals surface area contributed by atoms with Crippen LogP contribution < -0.4 is 0 Å². The lowest BCUT2D eigenvalue weighted by Gasteiger charge is -2.19. The average molecular weight is 255 g/mol. The van der Waals surface area contributed by atoms with E-state index in [0.29, 0.717) is 0 Å². The predicted octanol–water partition coefficient (Wildman–Crippen LogP) is 3.21. The van der Waals surface area contributed by atoms with Crippen molar-refractivity contribution in [2.75, 3.05) is 0 Å². The molecule has 2 unspecified atom stereocenters. The van der Waals surface area contributed by atoms with E-state index in [1.807, 2.05) is 38.1 Å². The summed E-state index contributed by atoms with van der Waals surface area (Å²) in [4.78, 5) is 8.01. The van der Waals surface area contributed by atoms with Crippen LogP contribution in [0.15, 0.2) is 54.2 Å². The van der Waals surface area contributed by atoms with Gasteiger partial charge in [-0.2, -0.15) is 0 Å². The van der Waals surface area contributed by atoms with Crippen LogP contribution in [0.25, 0.3) is 0 Å². The second-order valence-corrected chi connectivity index (χ2v) is 4.53. The molecule has 98 valence electrons. The highest BCUT2D eigenvalue weighted by Gasteiger charge is 2.21. The number of rotatable bonds is 4. The maximum absolute atomic E-state index is 9.35. The second-order valence-electron chi connectivity index (χ2n) is 4.53. The Kier molecular flexibility index (Phi) is 4.23. The molecular weight excluding hydrogens is 238 g/mol. The van der Waals surface area contributed by atoms with Crippen molar-refractivity contribution in [3.8, 4) is 0 Å². The van der Waals surface area contributed by atoms with Gasteiger partial charge >= 0.3 is 0 Å². The molecular formula is C15H17N3O. The largest absolute Gasteiger partial charge is 0.411 e. The Labute approximate surface area is 112 Å². The molecule has 0 fully saturated rings. The summed E-state index contributed by atoms with van der Waals surface area (Å²) < 4.78 is 0. The summed E-state index contributed by atoms with van der Waals surface area (Å²) in [6.45, 7) is 4.06. The van der Waals surface area contributed by atoms with E-state index in [-0.39, 0.29) is 11.8 Å². The van der Waals surface area contributed by atoms with Gasteiger partial charge in [-0.15, -0.1) is 0 Å². The summed E-state index contributed by atoms with van der Waals surface area (Å²) in [5, 5.41) is 12.9. The molecule has 2 aromatic heterocycles.